The molecule has 0 unspecified atom stereocenters. The van der Waals surface area contributed by atoms with Crippen molar-refractivity contribution >= 4 is 17.7 Å². The second kappa shape index (κ2) is 6.07. The highest BCUT2D eigenvalue weighted by Crippen LogP contribution is 2.19. The predicted molar refractivity (Wildman–Crippen MR) is 73.0 cm³/mol. The fourth-order valence-electron chi connectivity index (χ4n) is 1.37. The molecule has 94 valence electrons. The maximum atomic E-state index is 11.6. The number of thioether (sulfide) groups is 1. The summed E-state index contributed by atoms with van der Waals surface area (Å²) in [5.74, 6) is 0.492. The van der Waals surface area contributed by atoms with E-state index in [0.29, 0.717) is 12.3 Å². The molecule has 0 aliphatic heterocycles. The summed E-state index contributed by atoms with van der Waals surface area (Å²) in [5.41, 5.74) is 6.49. The van der Waals surface area contributed by atoms with Crippen molar-refractivity contribution in [3.8, 4) is 0 Å². The zero-order valence-corrected chi connectivity index (χ0v) is 11.4. The minimum Gasteiger partial charge on any atom is -0.351 e. The third kappa shape index (κ3) is 5.75. The summed E-state index contributed by atoms with van der Waals surface area (Å²) in [6.45, 7) is 6.46. The minimum atomic E-state index is -0.170. The van der Waals surface area contributed by atoms with E-state index in [9.17, 15) is 4.79 Å². The van der Waals surface area contributed by atoms with Gasteiger partial charge >= 0.3 is 0 Å². The van der Waals surface area contributed by atoms with E-state index in [0.717, 1.165) is 10.5 Å². The second-order valence-electron chi connectivity index (χ2n) is 4.94. The third-order valence-corrected chi connectivity index (χ3v) is 3.01. The summed E-state index contributed by atoms with van der Waals surface area (Å²) in [6, 6.07) is 7.97. The normalized spacial score (nSPS) is 11.3. The molecule has 0 spiro atoms. The number of carbonyl (C=O) groups excluding carboxylic acids is 1. The van der Waals surface area contributed by atoms with Gasteiger partial charge in [-0.05, 0) is 38.5 Å². The molecular weight excluding hydrogens is 232 g/mol. The number of nitrogens with one attached hydrogen (secondary N) is 1. The van der Waals surface area contributed by atoms with Crippen molar-refractivity contribution < 1.29 is 4.79 Å². The van der Waals surface area contributed by atoms with E-state index < -0.39 is 0 Å². The Bertz CT molecular complexity index is 385. The molecule has 0 aromatic heterocycles. The van der Waals surface area contributed by atoms with Gasteiger partial charge in [-0.2, -0.15) is 0 Å². The van der Waals surface area contributed by atoms with Crippen LogP contribution in [0.4, 0.5) is 0 Å². The van der Waals surface area contributed by atoms with Crippen molar-refractivity contribution in [1.82, 2.24) is 5.32 Å². The molecule has 1 rings (SSSR count). The van der Waals surface area contributed by atoms with Gasteiger partial charge in [-0.3, -0.25) is 4.79 Å². The SMILES string of the molecule is CC(C)(C)NC(=O)CSc1cccc(CN)c1. The maximum absolute atomic E-state index is 11.6. The fourth-order valence-corrected chi connectivity index (χ4v) is 2.14. The van der Waals surface area contributed by atoms with Crippen molar-refractivity contribution in [3.63, 3.8) is 0 Å². The Balaban J connectivity index is 2.47. The van der Waals surface area contributed by atoms with Crippen molar-refractivity contribution in [2.45, 2.75) is 37.8 Å². The second-order valence-corrected chi connectivity index (χ2v) is 5.99. The lowest BCUT2D eigenvalue weighted by molar-refractivity contribution is -0.119. The molecule has 0 fully saturated rings. The van der Waals surface area contributed by atoms with Crippen LogP contribution in [0, 0.1) is 0 Å². The number of hydrogen-bond acceptors (Lipinski definition) is 3. The molecule has 1 aromatic carbocycles. The number of hydrogen-bond donors (Lipinski definition) is 2. The fraction of sp³-hybridized carbons (Fsp3) is 0.462. The lowest BCUT2D eigenvalue weighted by Crippen LogP contribution is -2.41. The summed E-state index contributed by atoms with van der Waals surface area (Å²) in [6.07, 6.45) is 0. The summed E-state index contributed by atoms with van der Waals surface area (Å²) in [5, 5.41) is 2.93. The number of rotatable bonds is 4. The van der Waals surface area contributed by atoms with Crippen molar-refractivity contribution in [1.29, 1.82) is 0 Å². The van der Waals surface area contributed by atoms with Crippen molar-refractivity contribution in [2.24, 2.45) is 5.73 Å². The van der Waals surface area contributed by atoms with Gasteiger partial charge in [0.25, 0.3) is 0 Å². The van der Waals surface area contributed by atoms with E-state index in [1.54, 1.807) is 0 Å². The molecule has 3 nitrogen and oxygen atoms in total. The van der Waals surface area contributed by atoms with Gasteiger partial charge in [0, 0.05) is 17.0 Å². The molecule has 1 amide bonds. The van der Waals surface area contributed by atoms with Crippen LogP contribution in [-0.2, 0) is 11.3 Å². The van der Waals surface area contributed by atoms with E-state index >= 15 is 0 Å². The number of nitrogens with two attached hydrogens (primary N) is 1. The lowest BCUT2D eigenvalue weighted by atomic mass is 10.1. The Labute approximate surface area is 107 Å². The Kier molecular flexibility index (Phi) is 5.02. The Morgan fingerprint density at radius 3 is 2.71 bits per heavy atom. The first-order valence-corrected chi connectivity index (χ1v) is 6.62. The summed E-state index contributed by atoms with van der Waals surface area (Å²) in [7, 11) is 0. The predicted octanol–water partition coefficient (Wildman–Crippen LogP) is 2.15. The van der Waals surface area contributed by atoms with Crippen LogP contribution in [0.1, 0.15) is 26.3 Å². The Morgan fingerprint density at radius 2 is 2.12 bits per heavy atom. The molecule has 3 N–H and O–H groups in total. The highest BCUT2D eigenvalue weighted by Gasteiger charge is 2.13. The number of amides is 1. The van der Waals surface area contributed by atoms with E-state index in [-0.39, 0.29) is 11.4 Å². The van der Waals surface area contributed by atoms with Crippen LogP contribution >= 0.6 is 11.8 Å². The van der Waals surface area contributed by atoms with Crippen molar-refractivity contribution in [3.05, 3.63) is 29.8 Å². The summed E-state index contributed by atoms with van der Waals surface area (Å²) >= 11 is 1.53. The van der Waals surface area contributed by atoms with Gasteiger partial charge < -0.3 is 11.1 Å². The van der Waals surface area contributed by atoms with Crippen LogP contribution in [-0.4, -0.2) is 17.2 Å². The first kappa shape index (κ1) is 14.1. The zero-order valence-electron chi connectivity index (χ0n) is 10.6. The first-order chi connectivity index (χ1) is 7.90. The van der Waals surface area contributed by atoms with E-state index in [1.165, 1.54) is 11.8 Å². The molecule has 0 heterocycles. The lowest BCUT2D eigenvalue weighted by Gasteiger charge is -2.20. The Hall–Kier alpha value is -1.00. The standard InChI is InChI=1S/C13H20N2OS/c1-13(2,3)15-12(16)9-17-11-6-4-5-10(7-11)8-14/h4-7H,8-9,14H2,1-3H3,(H,15,16). The highest BCUT2D eigenvalue weighted by molar-refractivity contribution is 8.00. The van der Waals surface area contributed by atoms with Gasteiger partial charge in [0.05, 0.1) is 5.75 Å². The van der Waals surface area contributed by atoms with Crippen LogP contribution in [0.25, 0.3) is 0 Å². The number of carbonyl (C=O) groups is 1. The summed E-state index contributed by atoms with van der Waals surface area (Å²) in [4.78, 5) is 12.7. The molecule has 0 aliphatic carbocycles. The molecule has 17 heavy (non-hydrogen) atoms. The molecule has 0 radical (unpaired) electrons. The molecule has 0 saturated carbocycles. The van der Waals surface area contributed by atoms with Gasteiger partial charge in [0.2, 0.25) is 5.91 Å². The number of benzene rings is 1. The van der Waals surface area contributed by atoms with Crippen LogP contribution < -0.4 is 11.1 Å². The van der Waals surface area contributed by atoms with Crippen LogP contribution in [0.5, 0.6) is 0 Å². The van der Waals surface area contributed by atoms with E-state index in [1.807, 2.05) is 45.0 Å². The van der Waals surface area contributed by atoms with Crippen LogP contribution in [0.15, 0.2) is 29.2 Å². The van der Waals surface area contributed by atoms with Gasteiger partial charge in [0.1, 0.15) is 0 Å². The molecular formula is C13H20N2OS. The van der Waals surface area contributed by atoms with E-state index in [4.69, 9.17) is 5.73 Å². The zero-order chi connectivity index (χ0) is 12.9. The molecule has 0 aliphatic rings. The van der Waals surface area contributed by atoms with Crippen LogP contribution in [0.3, 0.4) is 0 Å². The average Bonchev–Trinajstić information content (AvgIpc) is 2.24. The monoisotopic (exact) mass is 252 g/mol. The first-order valence-electron chi connectivity index (χ1n) is 5.63. The summed E-state index contributed by atoms with van der Waals surface area (Å²) < 4.78 is 0. The minimum absolute atomic E-state index is 0.0562. The smallest absolute Gasteiger partial charge is 0.230 e. The van der Waals surface area contributed by atoms with Gasteiger partial charge in [-0.1, -0.05) is 12.1 Å². The third-order valence-electron chi connectivity index (χ3n) is 2.02. The average molecular weight is 252 g/mol. The largest absolute Gasteiger partial charge is 0.351 e. The highest BCUT2D eigenvalue weighted by atomic mass is 32.2. The molecule has 1 aromatic rings. The maximum Gasteiger partial charge on any atom is 0.230 e. The topological polar surface area (TPSA) is 55.1 Å². The molecule has 0 bridgehead atoms. The molecule has 0 atom stereocenters. The molecule has 4 heteroatoms. The van der Waals surface area contributed by atoms with Crippen molar-refractivity contribution in [2.75, 3.05) is 5.75 Å². The quantitative estimate of drug-likeness (QED) is 0.807. The van der Waals surface area contributed by atoms with Gasteiger partial charge in [0.15, 0.2) is 0 Å². The molecule has 0 saturated heterocycles. The van der Waals surface area contributed by atoms with Crippen LogP contribution in [0.2, 0.25) is 0 Å². The Morgan fingerprint density at radius 1 is 1.41 bits per heavy atom. The van der Waals surface area contributed by atoms with E-state index in [2.05, 4.69) is 5.32 Å². The van der Waals surface area contributed by atoms with Gasteiger partial charge in [-0.15, -0.1) is 11.8 Å². The van der Waals surface area contributed by atoms with Gasteiger partial charge in [-0.25, -0.2) is 0 Å².